The summed E-state index contributed by atoms with van der Waals surface area (Å²) >= 11 is 0. The normalized spacial score (nSPS) is 14.7. The van der Waals surface area contributed by atoms with Crippen molar-refractivity contribution >= 4 is 5.82 Å². The van der Waals surface area contributed by atoms with Gasteiger partial charge in [0.25, 0.3) is 0 Å². The lowest BCUT2D eigenvalue weighted by Gasteiger charge is -2.26. The molecule has 1 aromatic rings. The first-order chi connectivity index (χ1) is 10.1. The fourth-order valence-electron chi connectivity index (χ4n) is 2.48. The van der Waals surface area contributed by atoms with E-state index >= 15 is 0 Å². The van der Waals surface area contributed by atoms with E-state index < -0.39 is 0 Å². The molecule has 0 aliphatic heterocycles. The average Bonchev–Trinajstić information content (AvgIpc) is 3.24. The van der Waals surface area contributed by atoms with E-state index in [1.54, 1.807) is 7.11 Å². The maximum atomic E-state index is 5.24. The summed E-state index contributed by atoms with van der Waals surface area (Å²) in [6.45, 7) is 10.1. The van der Waals surface area contributed by atoms with Crippen molar-refractivity contribution in [2.75, 3.05) is 31.7 Å². The molecule has 1 fully saturated rings. The van der Waals surface area contributed by atoms with Gasteiger partial charge < -0.3 is 15.0 Å². The Morgan fingerprint density at radius 2 is 2.14 bits per heavy atom. The largest absolute Gasteiger partial charge is 0.383 e. The van der Waals surface area contributed by atoms with Crippen molar-refractivity contribution in [3.05, 3.63) is 23.4 Å². The van der Waals surface area contributed by atoms with Crippen molar-refractivity contribution in [2.45, 2.75) is 46.2 Å². The van der Waals surface area contributed by atoms with Crippen molar-refractivity contribution in [2.24, 2.45) is 5.92 Å². The molecule has 1 aliphatic carbocycles. The van der Waals surface area contributed by atoms with Crippen molar-refractivity contribution in [3.63, 3.8) is 0 Å². The Bertz CT molecular complexity index is 444. The Balaban J connectivity index is 2.08. The first kappa shape index (κ1) is 16.2. The highest BCUT2D eigenvalue weighted by Gasteiger charge is 2.20. The molecule has 118 valence electrons. The Kier molecular flexibility index (Phi) is 6.00. The molecule has 0 aromatic carbocycles. The molecule has 4 heteroatoms. The van der Waals surface area contributed by atoms with Crippen molar-refractivity contribution in [1.29, 1.82) is 0 Å². The smallest absolute Gasteiger partial charge is 0.129 e. The summed E-state index contributed by atoms with van der Waals surface area (Å²) in [5, 5.41) is 3.58. The molecule has 21 heavy (non-hydrogen) atoms. The van der Waals surface area contributed by atoms with Gasteiger partial charge in [0.15, 0.2) is 0 Å². The first-order valence-electron chi connectivity index (χ1n) is 8.03. The van der Waals surface area contributed by atoms with Gasteiger partial charge in [0.2, 0.25) is 0 Å². The number of aryl methyl sites for hydroxylation is 1. The molecule has 2 rings (SSSR count). The molecule has 1 saturated carbocycles. The third-order valence-electron chi connectivity index (χ3n) is 3.65. The number of hydrogen-bond donors (Lipinski definition) is 1. The maximum Gasteiger partial charge on any atom is 0.129 e. The van der Waals surface area contributed by atoms with Crippen LogP contribution in [0, 0.1) is 12.8 Å². The summed E-state index contributed by atoms with van der Waals surface area (Å²) < 4.78 is 5.24. The number of ether oxygens (including phenoxy) is 1. The van der Waals surface area contributed by atoms with Gasteiger partial charge >= 0.3 is 0 Å². The standard InChI is InChI=1S/C17H29N3O/c1-13(2)12-20(7-8-21-4)17-10-15(9-14(3)19-17)11-18-16-5-6-16/h9-10,13,16,18H,5-8,11-12H2,1-4H3. The van der Waals surface area contributed by atoms with Crippen LogP contribution < -0.4 is 10.2 Å². The van der Waals surface area contributed by atoms with Gasteiger partial charge in [-0.15, -0.1) is 0 Å². The van der Waals surface area contributed by atoms with Gasteiger partial charge in [-0.2, -0.15) is 0 Å². The zero-order valence-corrected chi connectivity index (χ0v) is 13.9. The molecule has 4 nitrogen and oxygen atoms in total. The molecule has 1 N–H and O–H groups in total. The van der Waals surface area contributed by atoms with E-state index in [1.165, 1.54) is 18.4 Å². The topological polar surface area (TPSA) is 37.4 Å². The van der Waals surface area contributed by atoms with Crippen LogP contribution in [-0.2, 0) is 11.3 Å². The molecule has 0 unspecified atom stereocenters. The molecule has 0 amide bonds. The Hall–Kier alpha value is -1.13. The minimum Gasteiger partial charge on any atom is -0.383 e. The van der Waals surface area contributed by atoms with E-state index in [2.05, 4.69) is 43.1 Å². The molecular weight excluding hydrogens is 262 g/mol. The molecule has 1 aromatic heterocycles. The average molecular weight is 291 g/mol. The molecule has 0 saturated heterocycles. The Labute approximate surface area is 128 Å². The number of nitrogens with one attached hydrogen (secondary N) is 1. The predicted molar refractivity (Wildman–Crippen MR) is 87.8 cm³/mol. The molecule has 1 heterocycles. The summed E-state index contributed by atoms with van der Waals surface area (Å²) in [5.41, 5.74) is 2.42. The number of methoxy groups -OCH3 is 1. The van der Waals surface area contributed by atoms with E-state index in [9.17, 15) is 0 Å². The highest BCUT2D eigenvalue weighted by atomic mass is 16.5. The second kappa shape index (κ2) is 7.76. The number of aromatic nitrogens is 1. The van der Waals surface area contributed by atoms with Gasteiger partial charge in [-0.3, -0.25) is 0 Å². The fraction of sp³-hybridized carbons (Fsp3) is 0.706. The van der Waals surface area contributed by atoms with E-state index in [0.717, 1.165) is 43.8 Å². The van der Waals surface area contributed by atoms with Crippen LogP contribution in [0.1, 0.15) is 37.9 Å². The van der Waals surface area contributed by atoms with E-state index in [1.807, 2.05) is 0 Å². The molecule has 0 radical (unpaired) electrons. The van der Waals surface area contributed by atoms with Crippen molar-refractivity contribution in [3.8, 4) is 0 Å². The van der Waals surface area contributed by atoms with E-state index in [4.69, 9.17) is 9.72 Å². The van der Waals surface area contributed by atoms with Gasteiger partial charge in [0.05, 0.1) is 6.61 Å². The molecule has 1 aliphatic rings. The lowest BCUT2D eigenvalue weighted by molar-refractivity contribution is 0.204. The lowest BCUT2D eigenvalue weighted by Crippen LogP contribution is -2.32. The number of anilines is 1. The van der Waals surface area contributed by atoms with E-state index in [0.29, 0.717) is 5.92 Å². The van der Waals surface area contributed by atoms with Crippen LogP contribution in [0.3, 0.4) is 0 Å². The van der Waals surface area contributed by atoms with Crippen LogP contribution >= 0.6 is 0 Å². The van der Waals surface area contributed by atoms with Gasteiger partial charge in [-0.1, -0.05) is 13.8 Å². The second-order valence-electron chi connectivity index (χ2n) is 6.46. The van der Waals surface area contributed by atoms with Crippen LogP contribution in [-0.4, -0.2) is 37.8 Å². The summed E-state index contributed by atoms with van der Waals surface area (Å²) in [4.78, 5) is 7.06. The van der Waals surface area contributed by atoms with Crippen LogP contribution in [0.4, 0.5) is 5.82 Å². The lowest BCUT2D eigenvalue weighted by atomic mass is 10.1. The van der Waals surface area contributed by atoms with Crippen LogP contribution in [0.5, 0.6) is 0 Å². The highest BCUT2D eigenvalue weighted by molar-refractivity contribution is 5.42. The maximum absolute atomic E-state index is 5.24. The number of hydrogen-bond acceptors (Lipinski definition) is 4. The van der Waals surface area contributed by atoms with Gasteiger partial charge in [0.1, 0.15) is 5.82 Å². The van der Waals surface area contributed by atoms with Crippen LogP contribution in [0.2, 0.25) is 0 Å². The molecule has 0 spiro atoms. The number of rotatable bonds is 9. The molecule has 0 bridgehead atoms. The summed E-state index contributed by atoms with van der Waals surface area (Å²) in [6.07, 6.45) is 2.65. The summed E-state index contributed by atoms with van der Waals surface area (Å²) in [6, 6.07) is 5.14. The van der Waals surface area contributed by atoms with Gasteiger partial charge in [-0.05, 0) is 43.4 Å². The molecule has 0 atom stereocenters. The van der Waals surface area contributed by atoms with Crippen molar-refractivity contribution in [1.82, 2.24) is 10.3 Å². The third kappa shape index (κ3) is 5.64. The summed E-state index contributed by atoms with van der Waals surface area (Å²) in [5.74, 6) is 1.69. The van der Waals surface area contributed by atoms with Gasteiger partial charge in [-0.25, -0.2) is 4.98 Å². The third-order valence-corrected chi connectivity index (χ3v) is 3.65. The predicted octanol–water partition coefficient (Wildman–Crippen LogP) is 2.75. The van der Waals surface area contributed by atoms with Gasteiger partial charge in [0, 0.05) is 38.5 Å². The second-order valence-corrected chi connectivity index (χ2v) is 6.46. The monoisotopic (exact) mass is 291 g/mol. The Morgan fingerprint density at radius 1 is 1.38 bits per heavy atom. The minimum absolute atomic E-state index is 0.609. The van der Waals surface area contributed by atoms with E-state index in [-0.39, 0.29) is 0 Å². The SMILES string of the molecule is COCCN(CC(C)C)c1cc(CNC2CC2)cc(C)n1. The highest BCUT2D eigenvalue weighted by Crippen LogP contribution is 2.21. The quantitative estimate of drug-likeness (QED) is 0.759. The van der Waals surface area contributed by atoms with Crippen molar-refractivity contribution < 1.29 is 4.74 Å². The Morgan fingerprint density at radius 3 is 2.76 bits per heavy atom. The zero-order chi connectivity index (χ0) is 15.2. The number of pyridine rings is 1. The zero-order valence-electron chi connectivity index (χ0n) is 13.9. The van der Waals surface area contributed by atoms with Crippen LogP contribution in [0.15, 0.2) is 12.1 Å². The summed E-state index contributed by atoms with van der Waals surface area (Å²) in [7, 11) is 1.75. The molecular formula is C17H29N3O. The van der Waals surface area contributed by atoms with Crippen LogP contribution in [0.25, 0.3) is 0 Å². The number of nitrogens with zero attached hydrogens (tertiary/aromatic N) is 2. The first-order valence-corrected chi connectivity index (χ1v) is 8.03. The fourth-order valence-corrected chi connectivity index (χ4v) is 2.48. The minimum atomic E-state index is 0.609.